The van der Waals surface area contributed by atoms with E-state index < -0.39 is 0 Å². The molecule has 2 rings (SSSR count). The molecule has 0 N–H and O–H groups in total. The standard InChI is InChI=1S/C9H7NO2S/c1-6(11)9-10-7(5-13-9)8-3-2-4-12-8/h2-5H,1H3. The molecule has 0 aliphatic carbocycles. The van der Waals surface area contributed by atoms with Gasteiger partial charge < -0.3 is 4.42 Å². The molecule has 0 aliphatic rings. The van der Waals surface area contributed by atoms with Crippen LogP contribution < -0.4 is 0 Å². The van der Waals surface area contributed by atoms with Gasteiger partial charge in [-0.1, -0.05) is 0 Å². The number of hydrogen-bond acceptors (Lipinski definition) is 4. The number of hydrogen-bond donors (Lipinski definition) is 0. The number of furan rings is 1. The first-order valence-corrected chi connectivity index (χ1v) is 4.65. The second-order valence-corrected chi connectivity index (χ2v) is 3.43. The number of carbonyl (C=O) groups excluding carboxylic acids is 1. The number of Topliss-reactive ketones (excluding diaryl/α,β-unsaturated/α-hetero) is 1. The molecule has 0 saturated heterocycles. The fraction of sp³-hybridized carbons (Fsp3) is 0.111. The Labute approximate surface area is 79.0 Å². The van der Waals surface area contributed by atoms with E-state index in [4.69, 9.17) is 4.42 Å². The van der Waals surface area contributed by atoms with Gasteiger partial charge >= 0.3 is 0 Å². The summed E-state index contributed by atoms with van der Waals surface area (Å²) < 4.78 is 5.15. The molecule has 3 nitrogen and oxygen atoms in total. The number of carbonyl (C=O) groups is 1. The van der Waals surface area contributed by atoms with Crippen molar-refractivity contribution < 1.29 is 9.21 Å². The maximum absolute atomic E-state index is 10.9. The van der Waals surface area contributed by atoms with E-state index >= 15 is 0 Å². The van der Waals surface area contributed by atoms with Crippen molar-refractivity contribution in [2.75, 3.05) is 0 Å². The van der Waals surface area contributed by atoms with E-state index in [1.54, 1.807) is 12.3 Å². The molecule has 4 heteroatoms. The molecule has 0 unspecified atom stereocenters. The third-order valence-corrected chi connectivity index (χ3v) is 2.52. The molecular formula is C9H7NO2S. The van der Waals surface area contributed by atoms with Gasteiger partial charge in [0.25, 0.3) is 0 Å². The summed E-state index contributed by atoms with van der Waals surface area (Å²) in [4.78, 5) is 15.1. The molecule has 2 heterocycles. The lowest BCUT2D eigenvalue weighted by molar-refractivity contribution is 0.101. The summed E-state index contributed by atoms with van der Waals surface area (Å²) in [6.07, 6.45) is 1.59. The van der Waals surface area contributed by atoms with Gasteiger partial charge in [-0.05, 0) is 12.1 Å². The zero-order chi connectivity index (χ0) is 9.26. The summed E-state index contributed by atoms with van der Waals surface area (Å²) in [5.74, 6) is 0.687. The first kappa shape index (κ1) is 8.19. The average molecular weight is 193 g/mol. The summed E-state index contributed by atoms with van der Waals surface area (Å²) in [5, 5.41) is 2.33. The molecular weight excluding hydrogens is 186 g/mol. The van der Waals surface area contributed by atoms with E-state index in [0.717, 1.165) is 5.69 Å². The molecule has 0 fully saturated rings. The highest BCUT2D eigenvalue weighted by Gasteiger charge is 2.08. The molecule has 0 amide bonds. The van der Waals surface area contributed by atoms with Crippen LogP contribution in [0.3, 0.4) is 0 Å². The van der Waals surface area contributed by atoms with E-state index in [1.165, 1.54) is 18.3 Å². The first-order valence-electron chi connectivity index (χ1n) is 3.78. The minimum Gasteiger partial charge on any atom is -0.463 e. The topological polar surface area (TPSA) is 43.1 Å². The van der Waals surface area contributed by atoms with Gasteiger partial charge in [0, 0.05) is 12.3 Å². The van der Waals surface area contributed by atoms with Crippen molar-refractivity contribution in [3.63, 3.8) is 0 Å². The van der Waals surface area contributed by atoms with Crippen LogP contribution in [0.15, 0.2) is 28.2 Å². The zero-order valence-corrected chi connectivity index (χ0v) is 7.80. The molecule has 0 aromatic carbocycles. The van der Waals surface area contributed by atoms with Gasteiger partial charge in [-0.25, -0.2) is 4.98 Å². The molecule has 2 aromatic rings. The largest absolute Gasteiger partial charge is 0.463 e. The van der Waals surface area contributed by atoms with Crippen LogP contribution in [-0.2, 0) is 0 Å². The smallest absolute Gasteiger partial charge is 0.188 e. The molecule has 0 bridgehead atoms. The summed E-state index contributed by atoms with van der Waals surface area (Å²) in [7, 11) is 0. The second kappa shape index (κ2) is 3.14. The highest BCUT2D eigenvalue weighted by molar-refractivity contribution is 7.12. The van der Waals surface area contributed by atoms with Crippen LogP contribution in [0.4, 0.5) is 0 Å². The van der Waals surface area contributed by atoms with E-state index in [2.05, 4.69) is 4.98 Å². The van der Waals surface area contributed by atoms with E-state index in [9.17, 15) is 4.79 Å². The molecule has 66 valence electrons. The molecule has 2 aromatic heterocycles. The number of rotatable bonds is 2. The van der Waals surface area contributed by atoms with Crippen molar-refractivity contribution in [3.05, 3.63) is 28.8 Å². The lowest BCUT2D eigenvalue weighted by atomic mass is 10.4. The normalized spacial score (nSPS) is 10.2. The van der Waals surface area contributed by atoms with Gasteiger partial charge in [0.15, 0.2) is 16.6 Å². The zero-order valence-electron chi connectivity index (χ0n) is 6.98. The number of thiazole rings is 1. The van der Waals surface area contributed by atoms with Crippen LogP contribution in [0.25, 0.3) is 11.5 Å². The van der Waals surface area contributed by atoms with Crippen LogP contribution in [-0.4, -0.2) is 10.8 Å². The van der Waals surface area contributed by atoms with Crippen LogP contribution in [0, 0.1) is 0 Å². The summed E-state index contributed by atoms with van der Waals surface area (Å²) >= 11 is 1.34. The summed E-state index contributed by atoms with van der Waals surface area (Å²) in [5.41, 5.74) is 0.722. The minimum absolute atomic E-state index is 0.0113. The lowest BCUT2D eigenvalue weighted by Gasteiger charge is -1.86. The van der Waals surface area contributed by atoms with Crippen LogP contribution in [0.2, 0.25) is 0 Å². The van der Waals surface area contributed by atoms with Gasteiger partial charge in [0.1, 0.15) is 5.69 Å². The maximum Gasteiger partial charge on any atom is 0.188 e. The quantitative estimate of drug-likeness (QED) is 0.688. The third-order valence-electron chi connectivity index (χ3n) is 1.58. The Morgan fingerprint density at radius 1 is 1.62 bits per heavy atom. The van der Waals surface area contributed by atoms with E-state index in [-0.39, 0.29) is 5.78 Å². The third kappa shape index (κ3) is 1.53. The van der Waals surface area contributed by atoms with Gasteiger partial charge in [0.05, 0.1) is 6.26 Å². The molecule has 13 heavy (non-hydrogen) atoms. The summed E-state index contributed by atoms with van der Waals surface area (Å²) in [6, 6.07) is 3.61. The Bertz CT molecular complexity index is 417. The Morgan fingerprint density at radius 3 is 3.00 bits per heavy atom. The lowest BCUT2D eigenvalue weighted by Crippen LogP contribution is -1.89. The molecule has 0 aliphatic heterocycles. The number of aromatic nitrogens is 1. The van der Waals surface area contributed by atoms with Gasteiger partial charge in [-0.2, -0.15) is 0 Å². The van der Waals surface area contributed by atoms with E-state index in [0.29, 0.717) is 10.8 Å². The monoisotopic (exact) mass is 193 g/mol. The number of ketones is 1. The van der Waals surface area contributed by atoms with E-state index in [1.807, 2.05) is 11.4 Å². The SMILES string of the molecule is CC(=O)c1nc(-c2ccco2)cs1. The van der Waals surface area contributed by atoms with Crippen molar-refractivity contribution >= 4 is 17.1 Å². The molecule has 0 saturated carbocycles. The Hall–Kier alpha value is -1.42. The van der Waals surface area contributed by atoms with Gasteiger partial charge in [0.2, 0.25) is 0 Å². The maximum atomic E-state index is 10.9. The average Bonchev–Trinajstić information content (AvgIpc) is 2.75. The van der Waals surface area contributed by atoms with Crippen molar-refractivity contribution in [3.8, 4) is 11.5 Å². The fourth-order valence-corrected chi connectivity index (χ4v) is 1.68. The first-order chi connectivity index (χ1) is 6.27. The number of nitrogens with zero attached hydrogens (tertiary/aromatic N) is 1. The van der Waals surface area contributed by atoms with Crippen LogP contribution in [0.1, 0.15) is 16.7 Å². The van der Waals surface area contributed by atoms with Crippen LogP contribution in [0.5, 0.6) is 0 Å². The molecule has 0 spiro atoms. The van der Waals surface area contributed by atoms with Crippen molar-refractivity contribution in [1.82, 2.24) is 4.98 Å². The van der Waals surface area contributed by atoms with Gasteiger partial charge in [-0.15, -0.1) is 11.3 Å². The Morgan fingerprint density at radius 2 is 2.46 bits per heavy atom. The van der Waals surface area contributed by atoms with Gasteiger partial charge in [-0.3, -0.25) is 4.79 Å². The highest BCUT2D eigenvalue weighted by atomic mass is 32.1. The Kier molecular flexibility index (Phi) is 1.98. The van der Waals surface area contributed by atoms with Crippen molar-refractivity contribution in [1.29, 1.82) is 0 Å². The molecule has 0 atom stereocenters. The predicted molar refractivity (Wildman–Crippen MR) is 49.8 cm³/mol. The predicted octanol–water partition coefficient (Wildman–Crippen LogP) is 2.61. The molecule has 0 radical (unpaired) electrons. The van der Waals surface area contributed by atoms with Crippen molar-refractivity contribution in [2.45, 2.75) is 6.92 Å². The Balaban J connectivity index is 2.39. The van der Waals surface area contributed by atoms with Crippen molar-refractivity contribution in [2.24, 2.45) is 0 Å². The fourth-order valence-electron chi connectivity index (χ4n) is 0.973. The second-order valence-electron chi connectivity index (χ2n) is 2.57. The van der Waals surface area contributed by atoms with Crippen LogP contribution >= 0.6 is 11.3 Å². The highest BCUT2D eigenvalue weighted by Crippen LogP contribution is 2.22. The summed E-state index contributed by atoms with van der Waals surface area (Å²) in [6.45, 7) is 1.50. The minimum atomic E-state index is -0.0113.